The molecule has 0 saturated carbocycles. The molecule has 1 aromatic rings. The number of benzene rings is 1. The Kier molecular flexibility index (Phi) is 3.69. The predicted octanol–water partition coefficient (Wildman–Crippen LogP) is 3.20. The minimum Gasteiger partial charge on any atom is -0.387 e. The van der Waals surface area contributed by atoms with Crippen molar-refractivity contribution in [3.05, 3.63) is 33.8 Å². The molecule has 0 unspecified atom stereocenters. The van der Waals surface area contributed by atoms with Gasteiger partial charge in [-0.1, -0.05) is 37.0 Å². The Morgan fingerprint density at radius 3 is 2.59 bits per heavy atom. The number of nitrogens with zero attached hydrogens (tertiary/aromatic N) is 1. The maximum atomic E-state index is 10.2. The molecule has 2 nitrogen and oxygen atoms in total. The van der Waals surface area contributed by atoms with Gasteiger partial charge in [0.25, 0.3) is 0 Å². The Hall–Kier alpha value is -0.280. The summed E-state index contributed by atoms with van der Waals surface area (Å²) in [7, 11) is 0. The summed E-state index contributed by atoms with van der Waals surface area (Å²) in [6, 6.07) is 5.48. The number of hydrogen-bond donors (Lipinski definition) is 1. The lowest BCUT2D eigenvalue weighted by molar-refractivity contribution is -0.130. The van der Waals surface area contributed by atoms with Crippen LogP contribution in [0.3, 0.4) is 0 Å². The molecule has 4 heteroatoms. The van der Waals surface area contributed by atoms with E-state index in [9.17, 15) is 5.11 Å². The average Bonchev–Trinajstić information content (AvgIpc) is 2.20. The molecule has 1 heterocycles. The Morgan fingerprint density at radius 1 is 1.35 bits per heavy atom. The van der Waals surface area contributed by atoms with Crippen molar-refractivity contribution < 1.29 is 5.11 Å². The van der Waals surface area contributed by atoms with E-state index in [1.165, 1.54) is 0 Å². The van der Waals surface area contributed by atoms with Crippen LogP contribution >= 0.6 is 23.2 Å². The third-order valence-electron chi connectivity index (χ3n) is 3.47. The van der Waals surface area contributed by atoms with E-state index < -0.39 is 5.60 Å². The Morgan fingerprint density at radius 2 is 2.00 bits per heavy atom. The van der Waals surface area contributed by atoms with E-state index in [2.05, 4.69) is 4.90 Å². The van der Waals surface area contributed by atoms with Crippen LogP contribution in [-0.2, 0) is 6.54 Å². The van der Waals surface area contributed by atoms with Crippen molar-refractivity contribution in [2.75, 3.05) is 13.1 Å². The fraction of sp³-hybridized carbons (Fsp3) is 0.538. The van der Waals surface area contributed by atoms with E-state index in [0.29, 0.717) is 18.1 Å². The number of likely N-dealkylation sites (tertiary alicyclic amines) is 1. The summed E-state index contributed by atoms with van der Waals surface area (Å²) < 4.78 is 0. The maximum Gasteiger partial charge on any atom is 0.0923 e. The molecule has 0 radical (unpaired) electrons. The van der Waals surface area contributed by atoms with Gasteiger partial charge in [0, 0.05) is 29.7 Å². The minimum absolute atomic E-state index is 0.286. The molecule has 17 heavy (non-hydrogen) atoms. The topological polar surface area (TPSA) is 23.5 Å². The summed E-state index contributed by atoms with van der Waals surface area (Å²) in [5, 5.41) is 11.6. The van der Waals surface area contributed by atoms with Gasteiger partial charge < -0.3 is 5.11 Å². The zero-order valence-corrected chi connectivity index (χ0v) is 11.6. The largest absolute Gasteiger partial charge is 0.387 e. The molecule has 0 amide bonds. The predicted molar refractivity (Wildman–Crippen MR) is 71.5 cm³/mol. The summed E-state index contributed by atoms with van der Waals surface area (Å²) in [5.41, 5.74) is 0.482. The van der Waals surface area contributed by atoms with Gasteiger partial charge in [-0.05, 0) is 29.7 Å². The highest BCUT2D eigenvalue weighted by Gasteiger charge is 2.43. The van der Waals surface area contributed by atoms with Crippen molar-refractivity contribution in [3.63, 3.8) is 0 Å². The number of aliphatic hydroxyl groups is 1. The molecule has 1 aliphatic heterocycles. The fourth-order valence-corrected chi connectivity index (χ4v) is 2.48. The first kappa shape index (κ1) is 13.2. The highest BCUT2D eigenvalue weighted by Crippen LogP contribution is 2.31. The van der Waals surface area contributed by atoms with Gasteiger partial charge >= 0.3 is 0 Å². The highest BCUT2D eigenvalue weighted by molar-refractivity contribution is 6.33. The quantitative estimate of drug-likeness (QED) is 0.915. The first-order chi connectivity index (χ1) is 7.90. The van der Waals surface area contributed by atoms with Crippen LogP contribution in [0.1, 0.15) is 19.4 Å². The third kappa shape index (κ3) is 2.76. The SMILES string of the molecule is CC(C)C1(O)CN(Cc2cc(Cl)ccc2Cl)C1. The molecule has 0 aromatic heterocycles. The molecular formula is C13H17Cl2NO. The van der Waals surface area contributed by atoms with Gasteiger partial charge in [0.1, 0.15) is 0 Å². The standard InChI is InChI=1S/C13H17Cl2NO/c1-9(2)13(17)7-16(8-13)6-10-5-11(14)3-4-12(10)15/h3-5,9,17H,6-8H2,1-2H3. The van der Waals surface area contributed by atoms with Gasteiger partial charge in [-0.15, -0.1) is 0 Å². The van der Waals surface area contributed by atoms with Crippen molar-refractivity contribution in [1.82, 2.24) is 4.90 Å². The van der Waals surface area contributed by atoms with E-state index in [1.54, 1.807) is 6.07 Å². The van der Waals surface area contributed by atoms with E-state index in [-0.39, 0.29) is 5.92 Å². The fourth-order valence-electron chi connectivity index (χ4n) is 2.11. The number of β-amino-alcohol motifs (C(OH)–C–C–N with tert-alkyl or cyclic N) is 1. The van der Waals surface area contributed by atoms with E-state index in [4.69, 9.17) is 23.2 Å². The second kappa shape index (κ2) is 4.77. The van der Waals surface area contributed by atoms with Gasteiger partial charge in [0.15, 0.2) is 0 Å². The molecule has 0 aliphatic carbocycles. The molecule has 0 spiro atoms. The Bertz CT molecular complexity index is 414. The van der Waals surface area contributed by atoms with Gasteiger partial charge in [0.2, 0.25) is 0 Å². The van der Waals surface area contributed by atoms with E-state index in [0.717, 1.165) is 17.1 Å². The number of halogens is 2. The molecule has 0 bridgehead atoms. The molecule has 1 aliphatic rings. The monoisotopic (exact) mass is 273 g/mol. The normalized spacial score (nSPS) is 19.4. The second-order valence-electron chi connectivity index (χ2n) is 5.14. The smallest absolute Gasteiger partial charge is 0.0923 e. The molecule has 2 rings (SSSR count). The van der Waals surface area contributed by atoms with Crippen LogP contribution in [0.2, 0.25) is 10.0 Å². The van der Waals surface area contributed by atoms with Crippen LogP contribution in [-0.4, -0.2) is 28.7 Å². The number of hydrogen-bond acceptors (Lipinski definition) is 2. The van der Waals surface area contributed by atoms with Crippen molar-refractivity contribution in [2.24, 2.45) is 5.92 Å². The summed E-state index contributed by atoms with van der Waals surface area (Å²) >= 11 is 12.0. The highest BCUT2D eigenvalue weighted by atomic mass is 35.5. The lowest BCUT2D eigenvalue weighted by Crippen LogP contribution is -2.63. The third-order valence-corrected chi connectivity index (χ3v) is 4.08. The van der Waals surface area contributed by atoms with Crippen molar-refractivity contribution in [3.8, 4) is 0 Å². The van der Waals surface area contributed by atoms with Crippen LogP contribution in [0.5, 0.6) is 0 Å². The summed E-state index contributed by atoms with van der Waals surface area (Å²) in [6.07, 6.45) is 0. The van der Waals surface area contributed by atoms with Gasteiger partial charge in [-0.25, -0.2) is 0 Å². The van der Waals surface area contributed by atoms with E-state index >= 15 is 0 Å². The van der Waals surface area contributed by atoms with Crippen LogP contribution in [0, 0.1) is 5.92 Å². The van der Waals surface area contributed by atoms with Gasteiger partial charge in [-0.2, -0.15) is 0 Å². The Balaban J connectivity index is 1.98. The first-order valence-electron chi connectivity index (χ1n) is 5.79. The van der Waals surface area contributed by atoms with Crippen LogP contribution < -0.4 is 0 Å². The van der Waals surface area contributed by atoms with Crippen molar-refractivity contribution >= 4 is 23.2 Å². The average molecular weight is 274 g/mol. The molecule has 1 saturated heterocycles. The number of rotatable bonds is 3. The van der Waals surface area contributed by atoms with Crippen molar-refractivity contribution in [2.45, 2.75) is 26.0 Å². The second-order valence-corrected chi connectivity index (χ2v) is 5.98. The molecule has 0 atom stereocenters. The van der Waals surface area contributed by atoms with E-state index in [1.807, 2.05) is 26.0 Å². The lowest BCUT2D eigenvalue weighted by atomic mass is 9.83. The minimum atomic E-state index is -0.537. The summed E-state index contributed by atoms with van der Waals surface area (Å²) in [5.74, 6) is 0.286. The zero-order valence-electron chi connectivity index (χ0n) is 10.1. The summed E-state index contributed by atoms with van der Waals surface area (Å²) in [6.45, 7) is 6.24. The first-order valence-corrected chi connectivity index (χ1v) is 6.55. The van der Waals surface area contributed by atoms with Crippen LogP contribution in [0.15, 0.2) is 18.2 Å². The van der Waals surface area contributed by atoms with Crippen LogP contribution in [0.25, 0.3) is 0 Å². The summed E-state index contributed by atoms with van der Waals surface area (Å²) in [4.78, 5) is 2.18. The molecule has 1 N–H and O–H groups in total. The lowest BCUT2D eigenvalue weighted by Gasteiger charge is -2.49. The van der Waals surface area contributed by atoms with Gasteiger partial charge in [-0.3, -0.25) is 4.90 Å². The maximum absolute atomic E-state index is 10.2. The van der Waals surface area contributed by atoms with Gasteiger partial charge in [0.05, 0.1) is 5.60 Å². The molecular weight excluding hydrogens is 257 g/mol. The van der Waals surface area contributed by atoms with Crippen LogP contribution in [0.4, 0.5) is 0 Å². The molecule has 1 fully saturated rings. The molecule has 1 aromatic carbocycles. The molecule has 94 valence electrons. The zero-order chi connectivity index (χ0) is 12.6. The Labute approximate surface area is 112 Å². The van der Waals surface area contributed by atoms with Crippen molar-refractivity contribution in [1.29, 1.82) is 0 Å².